The summed E-state index contributed by atoms with van der Waals surface area (Å²) in [5.41, 5.74) is 1.52. The van der Waals surface area contributed by atoms with Crippen LogP contribution in [0.5, 0.6) is 0 Å². The van der Waals surface area contributed by atoms with Crippen LogP contribution >= 0.6 is 15.9 Å². The van der Waals surface area contributed by atoms with Gasteiger partial charge in [-0.05, 0) is 48.4 Å². The van der Waals surface area contributed by atoms with Crippen LogP contribution in [0.4, 0.5) is 0 Å². The summed E-state index contributed by atoms with van der Waals surface area (Å²) in [5, 5.41) is 3.59. The summed E-state index contributed by atoms with van der Waals surface area (Å²) < 4.78 is 1.22. The van der Waals surface area contributed by atoms with Crippen molar-refractivity contribution in [2.24, 2.45) is 11.8 Å². The molecule has 98 valence electrons. The molecule has 1 aliphatic carbocycles. The van der Waals surface area contributed by atoms with Gasteiger partial charge in [-0.2, -0.15) is 0 Å². The van der Waals surface area contributed by atoms with Crippen molar-refractivity contribution in [2.75, 3.05) is 13.1 Å². The molecule has 2 unspecified atom stereocenters. The Morgan fingerprint density at radius 3 is 2.72 bits per heavy atom. The van der Waals surface area contributed by atoms with Crippen LogP contribution in [0.25, 0.3) is 0 Å². The maximum absolute atomic E-state index is 3.61. The quantitative estimate of drug-likeness (QED) is 0.857. The highest BCUT2D eigenvalue weighted by molar-refractivity contribution is 9.10. The fraction of sp³-hybridized carbons (Fsp3) is 0.625. The third kappa shape index (κ3) is 2.65. The largest absolute Gasteiger partial charge is 0.316 e. The van der Waals surface area contributed by atoms with Crippen molar-refractivity contribution in [2.45, 2.75) is 38.0 Å². The molecule has 0 radical (unpaired) electrons. The molecule has 0 bridgehead atoms. The van der Waals surface area contributed by atoms with Crippen molar-refractivity contribution < 1.29 is 0 Å². The van der Waals surface area contributed by atoms with E-state index in [2.05, 4.69) is 45.5 Å². The Bertz CT molecular complexity index is 398. The number of benzene rings is 1. The molecule has 1 nitrogen and oxygen atoms in total. The van der Waals surface area contributed by atoms with E-state index in [1.165, 1.54) is 48.7 Å². The van der Waals surface area contributed by atoms with Crippen LogP contribution < -0.4 is 5.32 Å². The van der Waals surface area contributed by atoms with Crippen LogP contribution in [-0.2, 0) is 0 Å². The van der Waals surface area contributed by atoms with Gasteiger partial charge < -0.3 is 5.32 Å². The Labute approximate surface area is 118 Å². The van der Waals surface area contributed by atoms with Gasteiger partial charge in [0.15, 0.2) is 0 Å². The highest BCUT2D eigenvalue weighted by Gasteiger charge is 2.33. The van der Waals surface area contributed by atoms with E-state index in [9.17, 15) is 0 Å². The molecule has 0 spiro atoms. The van der Waals surface area contributed by atoms with Gasteiger partial charge in [-0.25, -0.2) is 0 Å². The smallest absolute Gasteiger partial charge is 0.0178 e. The molecule has 1 N–H and O–H groups in total. The van der Waals surface area contributed by atoms with Gasteiger partial charge in [-0.1, -0.05) is 53.7 Å². The SMILES string of the molecule is Brc1cccc(C2CNCCC2C2CCCC2)c1. The first-order valence-electron chi connectivity index (χ1n) is 7.31. The molecule has 1 heterocycles. The number of nitrogens with one attached hydrogen (secondary N) is 1. The molecule has 2 atom stereocenters. The number of hydrogen-bond donors (Lipinski definition) is 1. The molecule has 1 aliphatic heterocycles. The van der Waals surface area contributed by atoms with Crippen LogP contribution in [0, 0.1) is 11.8 Å². The molecule has 1 saturated heterocycles. The van der Waals surface area contributed by atoms with Gasteiger partial charge in [-0.3, -0.25) is 0 Å². The second-order valence-corrected chi connectivity index (χ2v) is 6.78. The van der Waals surface area contributed by atoms with Crippen molar-refractivity contribution in [1.82, 2.24) is 5.32 Å². The van der Waals surface area contributed by atoms with Crippen LogP contribution in [0.3, 0.4) is 0 Å². The van der Waals surface area contributed by atoms with Crippen molar-refractivity contribution in [3.8, 4) is 0 Å². The zero-order valence-corrected chi connectivity index (χ0v) is 12.5. The van der Waals surface area contributed by atoms with Gasteiger partial charge in [0.2, 0.25) is 0 Å². The summed E-state index contributed by atoms with van der Waals surface area (Å²) in [7, 11) is 0. The first-order valence-corrected chi connectivity index (χ1v) is 8.10. The van der Waals surface area contributed by atoms with E-state index in [1.54, 1.807) is 0 Å². The van der Waals surface area contributed by atoms with Gasteiger partial charge in [0, 0.05) is 11.0 Å². The third-order valence-corrected chi connectivity index (χ3v) is 5.31. The zero-order chi connectivity index (χ0) is 12.4. The second kappa shape index (κ2) is 5.75. The zero-order valence-electron chi connectivity index (χ0n) is 10.9. The minimum absolute atomic E-state index is 0.722. The lowest BCUT2D eigenvalue weighted by Gasteiger charge is -2.36. The fourth-order valence-electron chi connectivity index (χ4n) is 3.93. The lowest BCUT2D eigenvalue weighted by atomic mass is 9.73. The van der Waals surface area contributed by atoms with Crippen LogP contribution in [0.15, 0.2) is 28.7 Å². The van der Waals surface area contributed by atoms with E-state index in [-0.39, 0.29) is 0 Å². The van der Waals surface area contributed by atoms with E-state index in [1.807, 2.05) is 0 Å². The minimum Gasteiger partial charge on any atom is -0.316 e. The van der Waals surface area contributed by atoms with Crippen molar-refractivity contribution in [3.63, 3.8) is 0 Å². The van der Waals surface area contributed by atoms with Gasteiger partial charge in [0.25, 0.3) is 0 Å². The summed E-state index contributed by atoms with van der Waals surface area (Å²) >= 11 is 3.61. The average Bonchev–Trinajstić information content (AvgIpc) is 2.92. The highest BCUT2D eigenvalue weighted by Crippen LogP contribution is 2.42. The van der Waals surface area contributed by atoms with Crippen LogP contribution in [0.2, 0.25) is 0 Å². The molecule has 2 aliphatic rings. The molecule has 1 aromatic carbocycles. The fourth-order valence-corrected chi connectivity index (χ4v) is 4.35. The first kappa shape index (κ1) is 12.7. The average molecular weight is 308 g/mol. The van der Waals surface area contributed by atoms with Gasteiger partial charge in [0.1, 0.15) is 0 Å². The predicted molar refractivity (Wildman–Crippen MR) is 79.8 cm³/mol. The van der Waals surface area contributed by atoms with E-state index < -0.39 is 0 Å². The maximum atomic E-state index is 3.61. The number of halogens is 1. The maximum Gasteiger partial charge on any atom is 0.0178 e. The van der Waals surface area contributed by atoms with Crippen molar-refractivity contribution >= 4 is 15.9 Å². The topological polar surface area (TPSA) is 12.0 Å². The summed E-state index contributed by atoms with van der Waals surface area (Å²) in [5.74, 6) is 2.61. The highest BCUT2D eigenvalue weighted by atomic mass is 79.9. The standard InChI is InChI=1S/C16H22BrN/c17-14-7-3-6-13(10-14)16-11-18-9-8-15(16)12-4-1-2-5-12/h3,6-7,10,12,15-16,18H,1-2,4-5,8-9,11H2. The lowest BCUT2D eigenvalue weighted by molar-refractivity contribution is 0.227. The number of rotatable bonds is 2. The molecule has 18 heavy (non-hydrogen) atoms. The Hall–Kier alpha value is -0.340. The summed E-state index contributed by atoms with van der Waals surface area (Å²) in [6, 6.07) is 8.94. The molecule has 1 saturated carbocycles. The normalized spacial score (nSPS) is 29.6. The Balaban J connectivity index is 1.82. The molecule has 0 amide bonds. The van der Waals surface area contributed by atoms with Crippen LogP contribution in [-0.4, -0.2) is 13.1 Å². The molecular weight excluding hydrogens is 286 g/mol. The van der Waals surface area contributed by atoms with E-state index in [4.69, 9.17) is 0 Å². The second-order valence-electron chi connectivity index (χ2n) is 5.86. The molecular formula is C16H22BrN. The van der Waals surface area contributed by atoms with Gasteiger partial charge in [-0.15, -0.1) is 0 Å². The molecule has 3 rings (SSSR count). The molecule has 1 aromatic rings. The van der Waals surface area contributed by atoms with Crippen LogP contribution in [0.1, 0.15) is 43.6 Å². The van der Waals surface area contributed by atoms with Gasteiger partial charge in [0.05, 0.1) is 0 Å². The number of piperidine rings is 1. The van der Waals surface area contributed by atoms with E-state index in [0.29, 0.717) is 0 Å². The first-order chi connectivity index (χ1) is 8.84. The summed E-state index contributed by atoms with van der Waals surface area (Å²) in [6.07, 6.45) is 7.21. The number of hydrogen-bond acceptors (Lipinski definition) is 1. The Kier molecular flexibility index (Phi) is 4.05. The molecule has 2 fully saturated rings. The Morgan fingerprint density at radius 2 is 1.94 bits per heavy atom. The van der Waals surface area contributed by atoms with Gasteiger partial charge >= 0.3 is 0 Å². The molecule has 2 heteroatoms. The molecule has 0 aromatic heterocycles. The van der Waals surface area contributed by atoms with Crippen molar-refractivity contribution in [1.29, 1.82) is 0 Å². The minimum atomic E-state index is 0.722. The summed E-state index contributed by atoms with van der Waals surface area (Å²) in [6.45, 7) is 2.38. The van der Waals surface area contributed by atoms with E-state index >= 15 is 0 Å². The van der Waals surface area contributed by atoms with E-state index in [0.717, 1.165) is 24.3 Å². The predicted octanol–water partition coefficient (Wildman–Crippen LogP) is 4.33. The van der Waals surface area contributed by atoms with Crippen molar-refractivity contribution in [3.05, 3.63) is 34.3 Å². The third-order valence-electron chi connectivity index (χ3n) is 4.82. The Morgan fingerprint density at radius 1 is 1.11 bits per heavy atom. The summed E-state index contributed by atoms with van der Waals surface area (Å²) in [4.78, 5) is 0. The monoisotopic (exact) mass is 307 g/mol. The lowest BCUT2D eigenvalue weighted by Crippen LogP contribution is -2.38.